The number of hydrogen-bond acceptors (Lipinski definition) is 4. The highest BCUT2D eigenvalue weighted by atomic mass is 32.1. The second-order valence-electron chi connectivity index (χ2n) is 5.36. The normalized spacial score (nSPS) is 12.3. The zero-order valence-electron chi connectivity index (χ0n) is 14.6. The van der Waals surface area contributed by atoms with Crippen LogP contribution < -0.4 is 10.6 Å². The standard InChI is InChI=1S/C17H21F3N4OS/c1-3-25-10-13-6-4-12(5-7-13)8-22-16(21-2)23-9-15-24-14(11-26-15)17(18,19)20/h4-7,11H,3,8-10H2,1-2H3,(H2,21,22,23). The Balaban J connectivity index is 1.81. The van der Waals surface area contributed by atoms with E-state index < -0.39 is 11.9 Å². The van der Waals surface area contributed by atoms with Gasteiger partial charge in [-0.05, 0) is 18.1 Å². The van der Waals surface area contributed by atoms with Crippen molar-refractivity contribution in [3.8, 4) is 0 Å². The van der Waals surface area contributed by atoms with Crippen molar-refractivity contribution < 1.29 is 17.9 Å². The molecular formula is C17H21F3N4OS. The Morgan fingerprint density at radius 1 is 1.15 bits per heavy atom. The van der Waals surface area contributed by atoms with Crippen molar-refractivity contribution in [3.05, 3.63) is 51.5 Å². The van der Waals surface area contributed by atoms with Gasteiger partial charge in [-0.15, -0.1) is 11.3 Å². The predicted molar refractivity (Wildman–Crippen MR) is 95.9 cm³/mol. The summed E-state index contributed by atoms with van der Waals surface area (Å²) in [5.41, 5.74) is 1.29. The molecule has 0 unspecified atom stereocenters. The quantitative estimate of drug-likeness (QED) is 0.564. The summed E-state index contributed by atoms with van der Waals surface area (Å²) in [6, 6.07) is 7.98. The Kier molecular flexibility index (Phi) is 7.40. The van der Waals surface area contributed by atoms with E-state index in [-0.39, 0.29) is 6.54 Å². The van der Waals surface area contributed by atoms with Gasteiger partial charge >= 0.3 is 6.18 Å². The summed E-state index contributed by atoms with van der Waals surface area (Å²) in [7, 11) is 1.60. The molecule has 5 nitrogen and oxygen atoms in total. The maximum absolute atomic E-state index is 12.6. The maximum Gasteiger partial charge on any atom is 0.434 e. The van der Waals surface area contributed by atoms with Crippen molar-refractivity contribution in [1.82, 2.24) is 15.6 Å². The Morgan fingerprint density at radius 2 is 1.81 bits per heavy atom. The van der Waals surface area contributed by atoms with Crippen LogP contribution in [0.5, 0.6) is 0 Å². The highest BCUT2D eigenvalue weighted by Gasteiger charge is 2.33. The summed E-state index contributed by atoms with van der Waals surface area (Å²) in [6.07, 6.45) is -4.41. The summed E-state index contributed by atoms with van der Waals surface area (Å²) >= 11 is 0.963. The number of alkyl halides is 3. The smallest absolute Gasteiger partial charge is 0.377 e. The van der Waals surface area contributed by atoms with Gasteiger partial charge in [0.15, 0.2) is 11.7 Å². The molecular weight excluding hydrogens is 365 g/mol. The van der Waals surface area contributed by atoms with Crippen LogP contribution in [0.25, 0.3) is 0 Å². The summed E-state index contributed by atoms with van der Waals surface area (Å²) in [5.74, 6) is 0.493. The van der Waals surface area contributed by atoms with Crippen LogP contribution in [0.2, 0.25) is 0 Å². The van der Waals surface area contributed by atoms with Gasteiger partial charge in [-0.2, -0.15) is 13.2 Å². The second kappa shape index (κ2) is 9.54. The lowest BCUT2D eigenvalue weighted by Crippen LogP contribution is -2.36. The number of hydrogen-bond donors (Lipinski definition) is 2. The summed E-state index contributed by atoms with van der Waals surface area (Å²) < 4.78 is 43.0. The molecule has 2 rings (SSSR count). The summed E-state index contributed by atoms with van der Waals surface area (Å²) in [6.45, 7) is 3.93. The van der Waals surface area contributed by atoms with E-state index in [2.05, 4.69) is 20.6 Å². The minimum absolute atomic E-state index is 0.174. The maximum atomic E-state index is 12.6. The number of nitrogens with one attached hydrogen (secondary N) is 2. The molecule has 142 valence electrons. The lowest BCUT2D eigenvalue weighted by atomic mass is 10.1. The van der Waals surface area contributed by atoms with E-state index >= 15 is 0 Å². The Labute approximate surface area is 154 Å². The van der Waals surface area contributed by atoms with E-state index in [0.29, 0.717) is 30.7 Å². The van der Waals surface area contributed by atoms with Crippen LogP contribution in [0.3, 0.4) is 0 Å². The molecule has 0 bridgehead atoms. The van der Waals surface area contributed by atoms with Gasteiger partial charge in [0.25, 0.3) is 0 Å². The van der Waals surface area contributed by atoms with Crippen LogP contribution in [-0.4, -0.2) is 24.6 Å². The van der Waals surface area contributed by atoms with Gasteiger partial charge in [0.2, 0.25) is 0 Å². The minimum atomic E-state index is -4.41. The van der Waals surface area contributed by atoms with Crippen molar-refractivity contribution in [1.29, 1.82) is 0 Å². The zero-order chi connectivity index (χ0) is 19.0. The molecule has 0 saturated carbocycles. The predicted octanol–water partition coefficient (Wildman–Crippen LogP) is 3.56. The van der Waals surface area contributed by atoms with Crippen molar-refractivity contribution >= 4 is 17.3 Å². The molecule has 0 atom stereocenters. The van der Waals surface area contributed by atoms with E-state index in [9.17, 15) is 13.2 Å². The van der Waals surface area contributed by atoms with E-state index in [4.69, 9.17) is 4.74 Å². The van der Waals surface area contributed by atoms with Crippen LogP contribution in [-0.2, 0) is 30.6 Å². The van der Waals surface area contributed by atoms with Gasteiger partial charge in [-0.25, -0.2) is 4.98 Å². The second-order valence-corrected chi connectivity index (χ2v) is 6.30. The van der Waals surface area contributed by atoms with Gasteiger partial charge in [0.05, 0.1) is 13.2 Å². The van der Waals surface area contributed by atoms with Gasteiger partial charge in [-0.3, -0.25) is 4.99 Å². The largest absolute Gasteiger partial charge is 0.434 e. The molecule has 0 aliphatic heterocycles. The monoisotopic (exact) mass is 386 g/mol. The molecule has 0 aliphatic carbocycles. The Bertz CT molecular complexity index is 714. The van der Waals surface area contributed by atoms with Crippen LogP contribution >= 0.6 is 11.3 Å². The lowest BCUT2D eigenvalue weighted by Gasteiger charge is -2.11. The fraction of sp³-hybridized carbons (Fsp3) is 0.412. The van der Waals surface area contributed by atoms with E-state index in [1.54, 1.807) is 7.05 Å². The number of aromatic nitrogens is 1. The zero-order valence-corrected chi connectivity index (χ0v) is 15.4. The molecule has 0 spiro atoms. The first kappa shape index (κ1) is 20.2. The van der Waals surface area contributed by atoms with Gasteiger partial charge < -0.3 is 15.4 Å². The van der Waals surface area contributed by atoms with E-state index in [0.717, 1.165) is 27.8 Å². The van der Waals surface area contributed by atoms with Crippen molar-refractivity contribution in [2.24, 2.45) is 4.99 Å². The third-order valence-electron chi connectivity index (χ3n) is 3.43. The van der Waals surface area contributed by atoms with Crippen LogP contribution in [0, 0.1) is 0 Å². The van der Waals surface area contributed by atoms with Gasteiger partial charge in [0, 0.05) is 25.6 Å². The lowest BCUT2D eigenvalue weighted by molar-refractivity contribution is -0.140. The molecule has 9 heteroatoms. The third kappa shape index (κ3) is 6.30. The number of benzene rings is 1. The van der Waals surface area contributed by atoms with Crippen LogP contribution in [0.15, 0.2) is 34.6 Å². The number of rotatable bonds is 7. The SMILES string of the molecule is CCOCc1ccc(CNC(=NC)NCc2nc(C(F)(F)F)cs2)cc1. The number of nitrogens with zero attached hydrogens (tertiary/aromatic N) is 2. The molecule has 1 aromatic carbocycles. The summed E-state index contributed by atoms with van der Waals surface area (Å²) in [4.78, 5) is 7.64. The van der Waals surface area contributed by atoms with E-state index in [1.807, 2.05) is 31.2 Å². The Morgan fingerprint density at radius 3 is 2.38 bits per heavy atom. The highest BCUT2D eigenvalue weighted by molar-refractivity contribution is 7.09. The molecule has 2 N–H and O–H groups in total. The van der Waals surface area contributed by atoms with Crippen molar-refractivity contribution in [2.45, 2.75) is 32.8 Å². The average Bonchev–Trinajstić information content (AvgIpc) is 3.10. The highest BCUT2D eigenvalue weighted by Crippen LogP contribution is 2.29. The first-order valence-electron chi connectivity index (χ1n) is 8.04. The molecule has 0 radical (unpaired) electrons. The minimum Gasteiger partial charge on any atom is -0.377 e. The molecule has 0 aliphatic rings. The molecule has 0 amide bonds. The Hall–Kier alpha value is -2.13. The average molecular weight is 386 g/mol. The first-order valence-corrected chi connectivity index (χ1v) is 8.92. The van der Waals surface area contributed by atoms with Gasteiger partial charge in [-0.1, -0.05) is 24.3 Å². The number of ether oxygens (including phenoxy) is 1. The number of thiazole rings is 1. The van der Waals surface area contributed by atoms with Crippen molar-refractivity contribution in [3.63, 3.8) is 0 Å². The van der Waals surface area contributed by atoms with E-state index in [1.165, 1.54) is 0 Å². The van der Waals surface area contributed by atoms with Crippen molar-refractivity contribution in [2.75, 3.05) is 13.7 Å². The molecule has 0 fully saturated rings. The first-order chi connectivity index (χ1) is 12.4. The topological polar surface area (TPSA) is 58.5 Å². The summed E-state index contributed by atoms with van der Waals surface area (Å²) in [5, 5.41) is 7.44. The number of halogens is 3. The number of guanidine groups is 1. The molecule has 0 saturated heterocycles. The fourth-order valence-electron chi connectivity index (χ4n) is 2.06. The molecule has 1 aromatic heterocycles. The van der Waals surface area contributed by atoms with Gasteiger partial charge in [0.1, 0.15) is 5.01 Å². The van der Waals surface area contributed by atoms with Crippen LogP contribution in [0.1, 0.15) is 28.8 Å². The van der Waals surface area contributed by atoms with Crippen LogP contribution in [0.4, 0.5) is 13.2 Å². The number of aliphatic imine (C=N–C) groups is 1. The third-order valence-corrected chi connectivity index (χ3v) is 4.28. The molecule has 2 aromatic rings. The molecule has 26 heavy (non-hydrogen) atoms. The fourth-order valence-corrected chi connectivity index (χ4v) is 2.80. The molecule has 1 heterocycles.